The molecule has 3 heteroatoms. The molecule has 3 rings (SSSR count). The fourth-order valence-electron chi connectivity index (χ4n) is 4.07. The molecule has 0 aromatic heterocycles. The Balaban J connectivity index is 1.77. The van der Waals surface area contributed by atoms with Gasteiger partial charge in [-0.1, -0.05) is 51.1 Å². The predicted octanol–water partition coefficient (Wildman–Crippen LogP) is 6.14. The molecule has 0 saturated heterocycles. The van der Waals surface area contributed by atoms with Crippen LogP contribution in [0.5, 0.6) is 11.5 Å². The van der Waals surface area contributed by atoms with Crippen molar-refractivity contribution in [1.29, 1.82) is 0 Å². The normalized spacial score (nSPS) is 18.5. The largest absolute Gasteiger partial charge is 0.493 e. The van der Waals surface area contributed by atoms with Crippen molar-refractivity contribution in [1.82, 2.24) is 0 Å². The summed E-state index contributed by atoms with van der Waals surface area (Å²) < 4.78 is 18.1. The average molecular weight is 369 g/mol. The van der Waals surface area contributed by atoms with Gasteiger partial charge in [0.1, 0.15) is 11.5 Å². The minimum absolute atomic E-state index is 0.175. The van der Waals surface area contributed by atoms with Crippen molar-refractivity contribution >= 4 is 0 Å². The molecule has 2 aromatic carbocycles. The van der Waals surface area contributed by atoms with E-state index in [1.54, 1.807) is 0 Å². The highest BCUT2D eigenvalue weighted by atomic mass is 16.7. The molecule has 1 aliphatic heterocycles. The first-order valence-corrected chi connectivity index (χ1v) is 10.2. The molecule has 0 radical (unpaired) electrons. The van der Waals surface area contributed by atoms with Gasteiger partial charge in [-0.15, -0.1) is 0 Å². The Bertz CT molecular complexity index is 708. The topological polar surface area (TPSA) is 27.7 Å². The van der Waals surface area contributed by atoms with E-state index >= 15 is 0 Å². The molecule has 146 valence electrons. The van der Waals surface area contributed by atoms with E-state index in [2.05, 4.69) is 57.2 Å². The number of fused-ring (bicyclic) bond motifs is 1. The van der Waals surface area contributed by atoms with Gasteiger partial charge in [0.2, 0.25) is 6.29 Å². The fourth-order valence-corrected chi connectivity index (χ4v) is 4.07. The second-order valence-corrected chi connectivity index (χ2v) is 7.55. The van der Waals surface area contributed by atoms with Gasteiger partial charge in [-0.3, -0.25) is 0 Å². The zero-order valence-electron chi connectivity index (χ0n) is 17.0. The number of para-hydroxylation sites is 1. The standard InChI is InChI=1S/C24H32O3/c1-5-20(17(3)4)18-11-13-19(14-12-18)27-24(25-6-2)22-15-16-26-23-10-8-7-9-21(22)23/h7-14,17,20,22,24H,5-6,15-16H2,1-4H3. The van der Waals surface area contributed by atoms with Crippen molar-refractivity contribution in [2.24, 2.45) is 5.92 Å². The molecule has 0 bridgehead atoms. The number of hydrogen-bond acceptors (Lipinski definition) is 3. The number of ether oxygens (including phenoxy) is 3. The molecular formula is C24H32O3. The molecule has 0 amide bonds. The highest BCUT2D eigenvalue weighted by Gasteiger charge is 2.31. The Morgan fingerprint density at radius 2 is 1.78 bits per heavy atom. The summed E-state index contributed by atoms with van der Waals surface area (Å²) >= 11 is 0. The Labute approximate surface area is 163 Å². The minimum atomic E-state index is -0.307. The van der Waals surface area contributed by atoms with Gasteiger partial charge < -0.3 is 14.2 Å². The van der Waals surface area contributed by atoms with Crippen molar-refractivity contribution in [3.63, 3.8) is 0 Å². The quantitative estimate of drug-likeness (QED) is 0.524. The van der Waals surface area contributed by atoms with Gasteiger partial charge in [-0.05, 0) is 55.4 Å². The van der Waals surface area contributed by atoms with E-state index in [0.717, 1.165) is 24.3 Å². The maximum Gasteiger partial charge on any atom is 0.207 e. The highest BCUT2D eigenvalue weighted by Crippen LogP contribution is 2.37. The zero-order chi connectivity index (χ0) is 19.2. The second-order valence-electron chi connectivity index (χ2n) is 7.55. The molecule has 3 atom stereocenters. The molecule has 1 aliphatic rings. The van der Waals surface area contributed by atoms with Crippen molar-refractivity contribution in [3.05, 3.63) is 59.7 Å². The van der Waals surface area contributed by atoms with Crippen LogP contribution in [0.1, 0.15) is 63.5 Å². The maximum absolute atomic E-state index is 6.30. The van der Waals surface area contributed by atoms with E-state index < -0.39 is 0 Å². The van der Waals surface area contributed by atoms with Crippen LogP contribution in [0.15, 0.2) is 48.5 Å². The van der Waals surface area contributed by atoms with Crippen LogP contribution < -0.4 is 9.47 Å². The lowest BCUT2D eigenvalue weighted by atomic mass is 9.86. The molecule has 0 saturated carbocycles. The maximum atomic E-state index is 6.30. The minimum Gasteiger partial charge on any atom is -0.493 e. The number of rotatable bonds is 8. The summed E-state index contributed by atoms with van der Waals surface area (Å²) in [6, 6.07) is 16.8. The van der Waals surface area contributed by atoms with Crippen LogP contribution in [-0.4, -0.2) is 19.5 Å². The van der Waals surface area contributed by atoms with E-state index in [1.807, 2.05) is 19.1 Å². The monoisotopic (exact) mass is 368 g/mol. The molecule has 0 aliphatic carbocycles. The summed E-state index contributed by atoms with van der Waals surface area (Å²) in [5, 5.41) is 0. The molecule has 0 spiro atoms. The molecule has 27 heavy (non-hydrogen) atoms. The van der Waals surface area contributed by atoms with Crippen LogP contribution in [0.4, 0.5) is 0 Å². The Hall–Kier alpha value is -2.00. The van der Waals surface area contributed by atoms with Crippen molar-refractivity contribution in [2.45, 2.75) is 58.7 Å². The number of benzene rings is 2. The third kappa shape index (κ3) is 4.65. The fraction of sp³-hybridized carbons (Fsp3) is 0.500. The van der Waals surface area contributed by atoms with Crippen molar-refractivity contribution in [2.75, 3.05) is 13.2 Å². The summed E-state index contributed by atoms with van der Waals surface area (Å²) in [6.45, 7) is 10.1. The molecule has 3 unspecified atom stereocenters. The van der Waals surface area contributed by atoms with Crippen LogP contribution >= 0.6 is 0 Å². The molecule has 3 nitrogen and oxygen atoms in total. The van der Waals surface area contributed by atoms with Crippen LogP contribution in [-0.2, 0) is 4.74 Å². The third-order valence-electron chi connectivity index (χ3n) is 5.47. The van der Waals surface area contributed by atoms with Crippen molar-refractivity contribution < 1.29 is 14.2 Å². The summed E-state index contributed by atoms with van der Waals surface area (Å²) in [5.74, 6) is 3.20. The summed E-state index contributed by atoms with van der Waals surface area (Å²) in [6.07, 6.45) is 1.74. The lowest BCUT2D eigenvalue weighted by Crippen LogP contribution is -2.32. The predicted molar refractivity (Wildman–Crippen MR) is 110 cm³/mol. The van der Waals surface area contributed by atoms with E-state index in [0.29, 0.717) is 25.0 Å². The Kier molecular flexibility index (Phi) is 6.78. The van der Waals surface area contributed by atoms with Crippen LogP contribution in [0, 0.1) is 5.92 Å². The van der Waals surface area contributed by atoms with Gasteiger partial charge in [0.15, 0.2) is 0 Å². The van der Waals surface area contributed by atoms with Crippen LogP contribution in [0.2, 0.25) is 0 Å². The smallest absolute Gasteiger partial charge is 0.207 e. The van der Waals surface area contributed by atoms with Gasteiger partial charge >= 0.3 is 0 Å². The Morgan fingerprint density at radius 3 is 2.44 bits per heavy atom. The van der Waals surface area contributed by atoms with Gasteiger partial charge in [0, 0.05) is 12.2 Å². The first kappa shape index (κ1) is 19.8. The first-order chi connectivity index (χ1) is 13.1. The molecule has 1 heterocycles. The van der Waals surface area contributed by atoms with Crippen LogP contribution in [0.3, 0.4) is 0 Å². The molecule has 0 fully saturated rings. The lowest BCUT2D eigenvalue weighted by Gasteiger charge is -2.32. The van der Waals surface area contributed by atoms with Gasteiger partial charge in [0.05, 0.1) is 12.5 Å². The molecule has 0 N–H and O–H groups in total. The summed E-state index contributed by atoms with van der Waals surface area (Å²) in [5.41, 5.74) is 2.55. The van der Waals surface area contributed by atoms with Gasteiger partial charge in [0.25, 0.3) is 0 Å². The van der Waals surface area contributed by atoms with Crippen molar-refractivity contribution in [3.8, 4) is 11.5 Å². The zero-order valence-corrected chi connectivity index (χ0v) is 17.0. The second kappa shape index (κ2) is 9.27. The van der Waals surface area contributed by atoms with E-state index in [9.17, 15) is 0 Å². The van der Waals surface area contributed by atoms with Gasteiger partial charge in [-0.2, -0.15) is 0 Å². The number of hydrogen-bond donors (Lipinski definition) is 0. The summed E-state index contributed by atoms with van der Waals surface area (Å²) in [4.78, 5) is 0. The average Bonchev–Trinajstić information content (AvgIpc) is 2.69. The first-order valence-electron chi connectivity index (χ1n) is 10.2. The molecule has 2 aromatic rings. The SMILES string of the molecule is CCOC(Oc1ccc(C(CC)C(C)C)cc1)C1CCOc2ccccc21. The molecular weight excluding hydrogens is 336 g/mol. The summed E-state index contributed by atoms with van der Waals surface area (Å²) in [7, 11) is 0. The van der Waals surface area contributed by atoms with E-state index in [-0.39, 0.29) is 12.2 Å². The lowest BCUT2D eigenvalue weighted by molar-refractivity contribution is -0.0976. The Morgan fingerprint density at radius 1 is 1.04 bits per heavy atom. The van der Waals surface area contributed by atoms with Gasteiger partial charge in [-0.25, -0.2) is 0 Å². The highest BCUT2D eigenvalue weighted by molar-refractivity contribution is 5.38. The van der Waals surface area contributed by atoms with Crippen LogP contribution in [0.25, 0.3) is 0 Å². The third-order valence-corrected chi connectivity index (χ3v) is 5.47. The van der Waals surface area contributed by atoms with E-state index in [4.69, 9.17) is 14.2 Å². The van der Waals surface area contributed by atoms with E-state index in [1.165, 1.54) is 11.1 Å².